The normalized spacial score (nSPS) is 16.0. The van der Waals surface area contributed by atoms with Crippen molar-refractivity contribution in [2.45, 2.75) is 26.7 Å². The fourth-order valence-corrected chi connectivity index (χ4v) is 7.27. The molecule has 0 bridgehead atoms. The highest BCUT2D eigenvalue weighted by Gasteiger charge is 2.21. The summed E-state index contributed by atoms with van der Waals surface area (Å²) < 4.78 is 152. The molecular weight excluding hydrogens is 709 g/mol. The van der Waals surface area contributed by atoms with Gasteiger partial charge in [0.15, 0.2) is 0 Å². The third-order valence-corrected chi connectivity index (χ3v) is 10.4. The minimum absolute atomic E-state index is 0.0633. The summed E-state index contributed by atoms with van der Waals surface area (Å²) in [5.41, 5.74) is 2.57. The molecule has 1 atom stereocenters. The molecule has 0 saturated heterocycles. The highest BCUT2D eigenvalue weighted by atomic mass is 16.5. The molecule has 58 heavy (non-hydrogen) atoms. The number of rotatable bonds is 9. The van der Waals surface area contributed by atoms with Gasteiger partial charge in [-0.25, -0.2) is 4.98 Å². The molecular formula is C53H42N4O. The monoisotopic (exact) mass is 766 g/mol. The molecule has 5 heteroatoms. The first-order valence-electron chi connectivity index (χ1n) is 26.7. The van der Waals surface area contributed by atoms with E-state index in [0.717, 1.165) is 5.56 Å². The SMILES string of the molecule is [2H]c1c([2H])c([2H])c(-c2cccc(-c3c([2H])c([2H])c([2H])c([2H])c3[2H])c2-[n+]2[c-]n(-c3cccc(Oc4cc5c(c([2H])c4[2H])c4c([2H])c([2H])c([2H])c([2H])c4n5-c4cc(C(C)C(C)C)ccn4)c3)c3ccccc32)c([2H])c1[2H]. The van der Waals surface area contributed by atoms with Crippen LogP contribution in [0.4, 0.5) is 0 Å². The van der Waals surface area contributed by atoms with E-state index >= 15 is 0 Å². The van der Waals surface area contributed by atoms with E-state index < -0.39 is 72.5 Å². The third kappa shape index (κ3) is 6.22. The number of fused-ring (bicyclic) bond motifs is 4. The number of para-hydroxylation sites is 4. The second-order valence-electron chi connectivity index (χ2n) is 14.1. The van der Waals surface area contributed by atoms with E-state index in [9.17, 15) is 2.74 Å². The summed E-state index contributed by atoms with van der Waals surface area (Å²) in [6, 6.07) is 15.5. The highest BCUT2D eigenvalue weighted by Crippen LogP contribution is 2.37. The van der Waals surface area contributed by atoms with Crippen LogP contribution in [0.3, 0.4) is 0 Å². The third-order valence-electron chi connectivity index (χ3n) is 10.4. The maximum Gasteiger partial charge on any atom is 0.269 e. The first-order chi connectivity index (χ1) is 35.2. The fraction of sp³-hybridized carbons (Fsp3) is 0.0943. The number of aromatic nitrogens is 4. The maximum absolute atomic E-state index is 9.37. The van der Waals surface area contributed by atoms with E-state index in [4.69, 9.17) is 23.9 Å². The van der Waals surface area contributed by atoms with Crippen LogP contribution >= 0.6 is 0 Å². The summed E-state index contributed by atoms with van der Waals surface area (Å²) in [4.78, 5) is 4.66. The first-order valence-corrected chi connectivity index (χ1v) is 18.7. The van der Waals surface area contributed by atoms with Crippen LogP contribution in [0.15, 0.2) is 188 Å². The summed E-state index contributed by atoms with van der Waals surface area (Å²) in [7, 11) is 0. The molecule has 0 aliphatic heterocycles. The molecule has 10 rings (SSSR count). The van der Waals surface area contributed by atoms with Gasteiger partial charge in [-0.2, -0.15) is 0 Å². The highest BCUT2D eigenvalue weighted by molar-refractivity contribution is 6.09. The molecule has 3 aromatic heterocycles. The van der Waals surface area contributed by atoms with Crippen molar-refractivity contribution in [2.24, 2.45) is 5.92 Å². The molecule has 1 unspecified atom stereocenters. The topological polar surface area (TPSA) is 35.9 Å². The molecule has 0 radical (unpaired) electrons. The number of nitrogens with zero attached hydrogens (tertiary/aromatic N) is 4. The molecule has 3 heterocycles. The molecule has 5 nitrogen and oxygen atoms in total. The van der Waals surface area contributed by atoms with Gasteiger partial charge in [-0.15, -0.1) is 0 Å². The first kappa shape index (κ1) is 21.9. The molecule has 0 saturated carbocycles. The van der Waals surface area contributed by atoms with E-state index in [1.807, 2.05) is 12.1 Å². The Balaban J connectivity index is 1.18. The number of benzene rings is 7. The summed E-state index contributed by atoms with van der Waals surface area (Å²) in [5, 5.41) is 0.181. The van der Waals surface area contributed by atoms with Gasteiger partial charge in [0, 0.05) is 23.0 Å². The molecule has 280 valence electrons. The van der Waals surface area contributed by atoms with Gasteiger partial charge >= 0.3 is 0 Å². The average Bonchev–Trinajstić information content (AvgIpc) is 3.97. The quantitative estimate of drug-likeness (QED) is 0.108. The lowest BCUT2D eigenvalue weighted by molar-refractivity contribution is -0.571. The number of hydrogen-bond donors (Lipinski definition) is 0. The fourth-order valence-electron chi connectivity index (χ4n) is 7.27. The van der Waals surface area contributed by atoms with E-state index in [-0.39, 0.29) is 97.3 Å². The lowest BCUT2D eigenvalue weighted by Gasteiger charge is -2.17. The Morgan fingerprint density at radius 3 is 2.07 bits per heavy atom. The summed E-state index contributed by atoms with van der Waals surface area (Å²) >= 11 is 0. The van der Waals surface area contributed by atoms with Crippen LogP contribution in [0.5, 0.6) is 11.5 Å². The molecule has 7 aromatic carbocycles. The van der Waals surface area contributed by atoms with E-state index in [2.05, 4.69) is 32.1 Å². The molecule has 0 fully saturated rings. The van der Waals surface area contributed by atoms with Crippen LogP contribution in [0.25, 0.3) is 72.3 Å². The minimum atomic E-state index is -0.614. The Kier molecular flexibility index (Phi) is 5.54. The predicted molar refractivity (Wildman–Crippen MR) is 236 cm³/mol. The van der Waals surface area contributed by atoms with Crippen molar-refractivity contribution < 1.29 is 31.2 Å². The van der Waals surface area contributed by atoms with Crippen molar-refractivity contribution in [2.75, 3.05) is 0 Å². The Hall–Kier alpha value is -7.24. The van der Waals surface area contributed by atoms with Crippen molar-refractivity contribution in [3.63, 3.8) is 0 Å². The van der Waals surface area contributed by atoms with Gasteiger partial charge < -0.3 is 4.74 Å². The largest absolute Gasteiger partial charge is 0.458 e. The average molecular weight is 767 g/mol. The molecule has 10 aromatic rings. The van der Waals surface area contributed by atoms with E-state index in [1.54, 1.807) is 68.4 Å². The molecule has 0 spiro atoms. The van der Waals surface area contributed by atoms with Crippen LogP contribution in [0.1, 0.15) is 54.2 Å². The van der Waals surface area contributed by atoms with Gasteiger partial charge in [0.25, 0.3) is 6.33 Å². The lowest BCUT2D eigenvalue weighted by atomic mass is 9.91. The number of imidazole rings is 1. The molecule has 0 amide bonds. The number of hydrogen-bond acceptors (Lipinski definition) is 2. The van der Waals surface area contributed by atoms with Crippen molar-refractivity contribution in [3.05, 3.63) is 200 Å². The zero-order chi connectivity index (χ0) is 53.1. The van der Waals surface area contributed by atoms with Gasteiger partial charge in [0.1, 0.15) is 17.3 Å². The second-order valence-corrected chi connectivity index (χ2v) is 14.1. The standard InChI is InChI=1S/C53H42N4O/c1-36(2)37(3)40-30-31-54-52(32-40)57-48-25-11-10-22-46(48)47-29-28-43(34-51(47)57)58-42-21-14-20-41(33-42)55-35-56(50-27-13-12-26-49(50)55)53-44(38-16-6-4-7-17-38)23-15-24-45(53)39-18-8-5-9-19-39/h4-34,36-37H,1-3H3/i4D,5D,6D,7D,8D,9D,10D,11D,16D,17D,18D,19D,22D,25D,28D,29D. The summed E-state index contributed by atoms with van der Waals surface area (Å²) in [6.07, 6.45) is 4.98. The van der Waals surface area contributed by atoms with Crippen molar-refractivity contribution in [1.82, 2.24) is 14.1 Å². The summed E-state index contributed by atoms with van der Waals surface area (Å²) in [5.74, 6) is 0.831. The van der Waals surface area contributed by atoms with E-state index in [0.29, 0.717) is 22.5 Å². The summed E-state index contributed by atoms with van der Waals surface area (Å²) in [6.45, 7) is 6.26. The van der Waals surface area contributed by atoms with Crippen LogP contribution in [-0.4, -0.2) is 14.1 Å². The molecule has 0 aliphatic rings. The Bertz CT molecular complexity index is 3890. The second kappa shape index (κ2) is 14.7. The van der Waals surface area contributed by atoms with Gasteiger partial charge in [-0.1, -0.05) is 148 Å². The van der Waals surface area contributed by atoms with Gasteiger partial charge in [0.05, 0.1) is 55.4 Å². The van der Waals surface area contributed by atoms with Gasteiger partial charge in [0.2, 0.25) is 0 Å². The zero-order valence-electron chi connectivity index (χ0n) is 47.5. The van der Waals surface area contributed by atoms with Crippen LogP contribution in [0.2, 0.25) is 0 Å². The Morgan fingerprint density at radius 1 is 0.621 bits per heavy atom. The van der Waals surface area contributed by atoms with Crippen molar-refractivity contribution >= 4 is 32.8 Å². The molecule has 0 N–H and O–H groups in total. The van der Waals surface area contributed by atoms with Crippen molar-refractivity contribution in [1.29, 1.82) is 0 Å². The molecule has 0 aliphatic carbocycles. The van der Waals surface area contributed by atoms with Crippen molar-refractivity contribution in [3.8, 4) is 50.9 Å². The van der Waals surface area contributed by atoms with Crippen LogP contribution < -0.4 is 9.30 Å². The Morgan fingerprint density at radius 2 is 1.31 bits per heavy atom. The van der Waals surface area contributed by atoms with Crippen LogP contribution in [-0.2, 0) is 0 Å². The van der Waals surface area contributed by atoms with Gasteiger partial charge in [-0.3, -0.25) is 13.7 Å². The minimum Gasteiger partial charge on any atom is -0.458 e. The smallest absolute Gasteiger partial charge is 0.269 e. The van der Waals surface area contributed by atoms with Crippen LogP contribution in [0, 0.1) is 12.2 Å². The van der Waals surface area contributed by atoms with Gasteiger partial charge in [-0.05, 0) is 88.1 Å². The predicted octanol–water partition coefficient (Wildman–Crippen LogP) is 13.1. The zero-order valence-corrected chi connectivity index (χ0v) is 31.5. The number of pyridine rings is 1. The maximum atomic E-state index is 9.37. The Labute approximate surface area is 361 Å². The van der Waals surface area contributed by atoms with E-state index in [1.165, 1.54) is 24.3 Å². The number of ether oxygens (including phenoxy) is 1. The lowest BCUT2D eigenvalue weighted by Crippen LogP contribution is -2.31.